The predicted octanol–water partition coefficient (Wildman–Crippen LogP) is -0.598. The topological polar surface area (TPSA) is 50.7 Å². The Bertz CT molecular complexity index is 113. The Hall–Kier alpha value is 0.130. The smallest absolute Gasteiger partial charge is 0.102 e. The lowest BCUT2D eigenvalue weighted by atomic mass is 10.1. The van der Waals surface area contributed by atoms with Crippen LogP contribution in [0.1, 0.15) is 0 Å². The summed E-state index contributed by atoms with van der Waals surface area (Å²) in [5, 5.41) is 12.0. The van der Waals surface area contributed by atoms with Crippen LogP contribution >= 0.6 is 12.4 Å². The molecule has 0 spiro atoms. The third kappa shape index (κ3) is 2.31. The molecule has 4 nitrogen and oxygen atoms in total. The summed E-state index contributed by atoms with van der Waals surface area (Å²) >= 11 is 0. The maximum atomic E-state index is 8.88. The molecule has 5 heteroatoms. The van der Waals surface area contributed by atoms with Crippen molar-refractivity contribution in [3.05, 3.63) is 0 Å². The second-order valence-corrected chi connectivity index (χ2v) is 2.67. The summed E-state index contributed by atoms with van der Waals surface area (Å²) in [6.07, 6.45) is 0.0437. The minimum Gasteiger partial charge on any atom is -0.395 e. The Morgan fingerprint density at radius 3 is 2.50 bits per heavy atom. The molecular weight excluding hydrogens is 182 g/mol. The highest BCUT2D eigenvalue weighted by Crippen LogP contribution is 2.13. The van der Waals surface area contributed by atoms with E-state index in [0.717, 1.165) is 6.54 Å². The average molecular weight is 198 g/mol. The van der Waals surface area contributed by atoms with Crippen LogP contribution in [0.5, 0.6) is 0 Å². The number of methoxy groups -OCH3 is 2. The molecule has 2 N–H and O–H groups in total. The summed E-state index contributed by atoms with van der Waals surface area (Å²) in [5.41, 5.74) is 0. The number of aliphatic hydroxyl groups excluding tert-OH is 1. The maximum absolute atomic E-state index is 8.88. The third-order valence-electron chi connectivity index (χ3n) is 2.12. The first-order valence-electron chi connectivity index (χ1n) is 3.73. The van der Waals surface area contributed by atoms with Gasteiger partial charge in [-0.25, -0.2) is 0 Å². The van der Waals surface area contributed by atoms with E-state index in [2.05, 4.69) is 5.32 Å². The van der Waals surface area contributed by atoms with Crippen molar-refractivity contribution < 1.29 is 14.6 Å². The standard InChI is InChI=1S/C7H15NO3.ClH/c1-10-6-3-8-5(4-9)7(6)11-2;/h5-9H,3-4H2,1-2H3;1H/t5-,6+,7-;/m0./s1. The van der Waals surface area contributed by atoms with Crippen LogP contribution in [-0.4, -0.2) is 50.7 Å². The molecule has 1 heterocycles. The van der Waals surface area contributed by atoms with E-state index in [1.54, 1.807) is 14.2 Å². The molecule has 0 saturated carbocycles. The van der Waals surface area contributed by atoms with E-state index < -0.39 is 0 Å². The predicted molar refractivity (Wildman–Crippen MR) is 47.7 cm³/mol. The lowest BCUT2D eigenvalue weighted by Crippen LogP contribution is -2.38. The highest BCUT2D eigenvalue weighted by Gasteiger charge is 2.35. The lowest BCUT2D eigenvalue weighted by molar-refractivity contribution is -0.0244. The van der Waals surface area contributed by atoms with Gasteiger partial charge in [0.15, 0.2) is 0 Å². The zero-order chi connectivity index (χ0) is 8.27. The molecule has 0 amide bonds. The first-order chi connectivity index (χ1) is 5.33. The molecule has 1 fully saturated rings. The van der Waals surface area contributed by atoms with Crippen molar-refractivity contribution in [2.45, 2.75) is 18.2 Å². The van der Waals surface area contributed by atoms with Gasteiger partial charge < -0.3 is 19.9 Å². The van der Waals surface area contributed by atoms with Crippen LogP contribution in [0, 0.1) is 0 Å². The van der Waals surface area contributed by atoms with Gasteiger partial charge in [-0.1, -0.05) is 0 Å². The van der Waals surface area contributed by atoms with E-state index in [0.29, 0.717) is 0 Å². The minimum atomic E-state index is -0.0231. The van der Waals surface area contributed by atoms with Gasteiger partial charge in [0.25, 0.3) is 0 Å². The van der Waals surface area contributed by atoms with Crippen molar-refractivity contribution in [1.82, 2.24) is 5.32 Å². The normalized spacial score (nSPS) is 34.8. The summed E-state index contributed by atoms with van der Waals surface area (Å²) < 4.78 is 10.3. The van der Waals surface area contributed by atoms with E-state index in [1.807, 2.05) is 0 Å². The first-order valence-corrected chi connectivity index (χ1v) is 3.73. The van der Waals surface area contributed by atoms with Gasteiger partial charge in [0.2, 0.25) is 0 Å². The molecule has 0 aromatic heterocycles. The number of nitrogens with one attached hydrogen (secondary N) is 1. The molecule has 0 unspecified atom stereocenters. The minimum absolute atomic E-state index is 0. The van der Waals surface area contributed by atoms with Gasteiger partial charge in [0, 0.05) is 20.8 Å². The maximum Gasteiger partial charge on any atom is 0.102 e. The van der Waals surface area contributed by atoms with Gasteiger partial charge in [0.1, 0.15) is 6.10 Å². The number of aliphatic hydroxyl groups is 1. The van der Waals surface area contributed by atoms with Crippen LogP contribution in [0.25, 0.3) is 0 Å². The molecule has 0 bridgehead atoms. The van der Waals surface area contributed by atoms with Gasteiger partial charge in [-0.2, -0.15) is 0 Å². The quantitative estimate of drug-likeness (QED) is 0.635. The fourth-order valence-electron chi connectivity index (χ4n) is 1.46. The number of rotatable bonds is 3. The van der Waals surface area contributed by atoms with E-state index in [4.69, 9.17) is 14.6 Å². The van der Waals surface area contributed by atoms with Crippen molar-refractivity contribution in [2.24, 2.45) is 0 Å². The van der Waals surface area contributed by atoms with Crippen LogP contribution in [0.2, 0.25) is 0 Å². The molecule has 0 aliphatic carbocycles. The second-order valence-electron chi connectivity index (χ2n) is 2.67. The van der Waals surface area contributed by atoms with Gasteiger partial charge >= 0.3 is 0 Å². The number of hydrogen-bond donors (Lipinski definition) is 2. The largest absolute Gasteiger partial charge is 0.395 e. The average Bonchev–Trinajstić information content (AvgIpc) is 2.45. The fraction of sp³-hybridized carbons (Fsp3) is 1.00. The summed E-state index contributed by atoms with van der Waals surface area (Å²) in [6, 6.07) is 0.0185. The molecule has 74 valence electrons. The summed E-state index contributed by atoms with van der Waals surface area (Å²) in [5.74, 6) is 0. The van der Waals surface area contributed by atoms with E-state index in [9.17, 15) is 0 Å². The van der Waals surface area contributed by atoms with Crippen LogP contribution in [-0.2, 0) is 9.47 Å². The van der Waals surface area contributed by atoms with E-state index in [1.165, 1.54) is 0 Å². The molecule has 1 saturated heterocycles. The van der Waals surface area contributed by atoms with Crippen LogP contribution < -0.4 is 5.32 Å². The summed E-state index contributed by atoms with van der Waals surface area (Å²) in [4.78, 5) is 0. The molecule has 1 aliphatic heterocycles. The highest BCUT2D eigenvalue weighted by atomic mass is 35.5. The number of halogens is 1. The molecular formula is C7H16ClNO3. The van der Waals surface area contributed by atoms with Gasteiger partial charge in [-0.3, -0.25) is 0 Å². The van der Waals surface area contributed by atoms with Crippen LogP contribution in [0.15, 0.2) is 0 Å². The molecule has 3 atom stereocenters. The monoisotopic (exact) mass is 197 g/mol. The first kappa shape index (κ1) is 12.1. The zero-order valence-corrected chi connectivity index (χ0v) is 8.13. The van der Waals surface area contributed by atoms with Crippen molar-refractivity contribution in [1.29, 1.82) is 0 Å². The van der Waals surface area contributed by atoms with Gasteiger partial charge in [-0.05, 0) is 0 Å². The molecule has 0 aromatic rings. The Labute approximate surface area is 78.6 Å². The summed E-state index contributed by atoms with van der Waals surface area (Å²) in [6.45, 7) is 0.846. The van der Waals surface area contributed by atoms with Gasteiger partial charge in [-0.15, -0.1) is 12.4 Å². The van der Waals surface area contributed by atoms with Gasteiger partial charge in [0.05, 0.1) is 18.8 Å². The Morgan fingerprint density at radius 1 is 1.42 bits per heavy atom. The Kier molecular flexibility index (Phi) is 5.78. The molecule has 0 radical (unpaired) electrons. The Morgan fingerprint density at radius 2 is 2.08 bits per heavy atom. The zero-order valence-electron chi connectivity index (χ0n) is 7.32. The van der Waals surface area contributed by atoms with Crippen LogP contribution in [0.3, 0.4) is 0 Å². The van der Waals surface area contributed by atoms with Crippen LogP contribution in [0.4, 0.5) is 0 Å². The van der Waals surface area contributed by atoms with E-state index >= 15 is 0 Å². The molecule has 1 aliphatic rings. The lowest BCUT2D eigenvalue weighted by Gasteiger charge is -2.19. The number of hydrogen-bond acceptors (Lipinski definition) is 4. The Balaban J connectivity index is 0.00000121. The number of ether oxygens (including phenoxy) is 2. The molecule has 12 heavy (non-hydrogen) atoms. The molecule has 1 rings (SSSR count). The summed E-state index contributed by atoms with van der Waals surface area (Å²) in [7, 11) is 3.28. The van der Waals surface area contributed by atoms with Crippen molar-refractivity contribution >= 4 is 12.4 Å². The molecule has 0 aromatic carbocycles. The second kappa shape index (κ2) is 5.72. The fourth-order valence-corrected chi connectivity index (χ4v) is 1.46. The van der Waals surface area contributed by atoms with Crippen molar-refractivity contribution in [3.8, 4) is 0 Å². The van der Waals surface area contributed by atoms with Crippen molar-refractivity contribution in [2.75, 3.05) is 27.4 Å². The SMILES string of the molecule is CO[C@H]1[C@H](CO)NC[C@H]1OC.Cl. The van der Waals surface area contributed by atoms with E-state index in [-0.39, 0.29) is 37.3 Å². The van der Waals surface area contributed by atoms with Crippen molar-refractivity contribution in [3.63, 3.8) is 0 Å². The third-order valence-corrected chi connectivity index (χ3v) is 2.12. The highest BCUT2D eigenvalue weighted by molar-refractivity contribution is 5.85.